The maximum absolute atomic E-state index is 12.9. The summed E-state index contributed by atoms with van der Waals surface area (Å²) in [5.41, 5.74) is 9.66. The topological polar surface area (TPSA) is 90.9 Å². The highest BCUT2D eigenvalue weighted by atomic mass is 16.5. The number of aromatic nitrogens is 3. The summed E-state index contributed by atoms with van der Waals surface area (Å²) in [6, 6.07) is 69.8. The van der Waals surface area contributed by atoms with Crippen molar-refractivity contribution in [1.29, 1.82) is 0 Å². The van der Waals surface area contributed by atoms with Gasteiger partial charge in [0.05, 0.1) is 0 Å². The molecule has 6 aliphatic carbocycles. The summed E-state index contributed by atoms with van der Waals surface area (Å²) in [5, 5.41) is 0. The van der Waals surface area contributed by atoms with E-state index < -0.39 is 17.1 Å². The summed E-state index contributed by atoms with van der Waals surface area (Å²) in [6.45, 7) is 24.7. The molecule has 0 aliphatic heterocycles. The van der Waals surface area contributed by atoms with E-state index in [1.54, 1.807) is 77.0 Å². The molecule has 0 N–H and O–H groups in total. The second-order valence-corrected chi connectivity index (χ2v) is 27.8. The van der Waals surface area contributed by atoms with Gasteiger partial charge >= 0.3 is 17.1 Å². The molecule has 8 atom stereocenters. The molecule has 101 heavy (non-hydrogen) atoms. The molecule has 10 heteroatoms. The SMILES string of the molecule is C1CC2C3CCC(C3)C2C1.C1CC2C3CCC(C3)C2C1.CC.CC.CC.CCC.CCN(Cc1ccccc1Oc1ccc(Cc2ccc(C)cc2)cc1)c1ccccc1.Cc1ccc(Cc2ccc(Oc3ccccc3CN(Cn3c(=O)n(C)c(=O)n(C)c3=O)c3ccccc3)cc2)cc1. The van der Waals surface area contributed by atoms with Crippen LogP contribution in [0, 0.1) is 61.2 Å². The van der Waals surface area contributed by atoms with Gasteiger partial charge in [-0.2, -0.15) is 0 Å². The summed E-state index contributed by atoms with van der Waals surface area (Å²) < 4.78 is 15.5. The van der Waals surface area contributed by atoms with E-state index in [2.05, 4.69) is 167 Å². The zero-order chi connectivity index (χ0) is 72.2. The van der Waals surface area contributed by atoms with Crippen LogP contribution in [0.5, 0.6) is 23.0 Å². The summed E-state index contributed by atoms with van der Waals surface area (Å²) in [6.07, 6.45) is 22.1. The number of hydrogen-bond acceptors (Lipinski definition) is 7. The van der Waals surface area contributed by atoms with Crippen LogP contribution in [0.2, 0.25) is 0 Å². The second kappa shape index (κ2) is 40.1. The van der Waals surface area contributed by atoms with Crippen LogP contribution in [-0.2, 0) is 46.7 Å². The molecule has 8 aromatic carbocycles. The number of anilines is 2. The molecular weight excluding hydrogens is 1240 g/mol. The van der Waals surface area contributed by atoms with Crippen molar-refractivity contribution in [2.24, 2.45) is 61.4 Å². The van der Waals surface area contributed by atoms with Crippen LogP contribution < -0.4 is 36.3 Å². The van der Waals surface area contributed by atoms with Gasteiger partial charge < -0.3 is 19.3 Å². The van der Waals surface area contributed by atoms with Gasteiger partial charge in [0.1, 0.15) is 29.7 Å². The molecule has 9 aromatic rings. The highest BCUT2D eigenvalue weighted by Gasteiger charge is 2.50. The van der Waals surface area contributed by atoms with E-state index in [-0.39, 0.29) is 6.67 Å². The number of aryl methyl sites for hydroxylation is 2. The van der Waals surface area contributed by atoms with Crippen molar-refractivity contribution in [2.75, 3.05) is 16.3 Å². The number of rotatable bonds is 17. The molecule has 8 unspecified atom stereocenters. The average molecular weight is 1360 g/mol. The Bertz CT molecular complexity index is 3940. The molecule has 0 radical (unpaired) electrons. The van der Waals surface area contributed by atoms with Crippen LogP contribution in [0.15, 0.2) is 221 Å². The van der Waals surface area contributed by atoms with Gasteiger partial charge in [0.15, 0.2) is 0 Å². The fourth-order valence-corrected chi connectivity index (χ4v) is 16.4. The first-order valence-electron chi connectivity index (χ1n) is 38.6. The molecule has 6 aliphatic rings. The van der Waals surface area contributed by atoms with Gasteiger partial charge in [0.2, 0.25) is 0 Å². The molecular formula is C91H119N5O5. The van der Waals surface area contributed by atoms with Crippen molar-refractivity contribution >= 4 is 11.4 Å². The van der Waals surface area contributed by atoms with Gasteiger partial charge in [-0.3, -0.25) is 0 Å². The number of para-hydroxylation sites is 4. The van der Waals surface area contributed by atoms with Crippen molar-refractivity contribution in [3.8, 4) is 23.0 Å². The Hall–Kier alpha value is -8.63. The summed E-state index contributed by atoms with van der Waals surface area (Å²) in [4.78, 5) is 42.3. The van der Waals surface area contributed by atoms with E-state index >= 15 is 0 Å². The van der Waals surface area contributed by atoms with E-state index in [4.69, 9.17) is 9.47 Å². The van der Waals surface area contributed by atoms with Crippen LogP contribution in [0.3, 0.4) is 0 Å². The monoisotopic (exact) mass is 1360 g/mol. The molecule has 0 spiro atoms. The number of nitrogens with zero attached hydrogens (tertiary/aromatic N) is 5. The van der Waals surface area contributed by atoms with E-state index in [9.17, 15) is 14.4 Å². The first-order valence-corrected chi connectivity index (χ1v) is 38.6. The Morgan fingerprint density at radius 3 is 1.03 bits per heavy atom. The van der Waals surface area contributed by atoms with E-state index in [1.165, 1.54) is 112 Å². The third-order valence-corrected chi connectivity index (χ3v) is 21.3. The molecule has 0 amide bonds. The standard InChI is InChI=1S/C33H32N4O4.C29H29NO.2C10H16.C3H8.3C2H6/c1-24-13-15-25(16-14-24)21-26-17-19-29(20-18-26)41-30-12-8-7-9-27(30)22-36(28-10-5-4-6-11-28)23-37-32(39)34(2)31(38)35(3)33(37)40;1-3-30(27-10-5-4-6-11-27)22-26-9-7-8-12-29(26)31-28-19-17-25(18-20-28)21-24-15-13-23(2)14-16-24;2*1-2-9-7-4-5-8(6-7)10(9)3-1;1-3-2;3*1-2/h4-20H,21-23H2,1-3H3;4-20H,3,21-22H2,1-2H3;2*7-10H,1-6H2;3H2,1-2H3;3*1-2H3. The average Bonchev–Trinajstić information content (AvgIpc) is 1.67. The van der Waals surface area contributed by atoms with Gasteiger partial charge in [-0.15, -0.1) is 0 Å². The third-order valence-electron chi connectivity index (χ3n) is 21.3. The van der Waals surface area contributed by atoms with Crippen molar-refractivity contribution in [3.63, 3.8) is 0 Å². The van der Waals surface area contributed by atoms with Crippen molar-refractivity contribution < 1.29 is 9.47 Å². The van der Waals surface area contributed by atoms with Crippen LogP contribution in [0.4, 0.5) is 11.4 Å². The fraction of sp³-hybridized carbons (Fsp3) is 0.440. The molecule has 6 saturated carbocycles. The second-order valence-electron chi connectivity index (χ2n) is 27.8. The van der Waals surface area contributed by atoms with Gasteiger partial charge in [-0.25, -0.2) is 28.1 Å². The van der Waals surface area contributed by atoms with E-state index in [0.717, 1.165) is 62.4 Å². The Labute approximate surface area is 606 Å². The van der Waals surface area contributed by atoms with E-state index in [0.29, 0.717) is 18.0 Å². The first-order chi connectivity index (χ1) is 49.3. The Kier molecular flexibility index (Phi) is 31.0. The normalized spacial score (nSPS) is 19.5. The van der Waals surface area contributed by atoms with Gasteiger partial charge in [-0.05, 0) is 228 Å². The summed E-state index contributed by atoms with van der Waals surface area (Å²) in [5.74, 6) is 12.7. The molecule has 15 rings (SSSR count). The summed E-state index contributed by atoms with van der Waals surface area (Å²) in [7, 11) is 2.73. The predicted molar refractivity (Wildman–Crippen MR) is 424 cm³/mol. The predicted octanol–water partition coefficient (Wildman–Crippen LogP) is 22.2. The van der Waals surface area contributed by atoms with Crippen LogP contribution >= 0.6 is 0 Å². The molecule has 1 aromatic heterocycles. The summed E-state index contributed by atoms with van der Waals surface area (Å²) >= 11 is 0. The molecule has 6 fully saturated rings. The molecule has 0 saturated heterocycles. The lowest BCUT2D eigenvalue weighted by atomic mass is 9.82. The largest absolute Gasteiger partial charge is 0.457 e. The highest BCUT2D eigenvalue weighted by molar-refractivity contribution is 5.50. The lowest BCUT2D eigenvalue weighted by molar-refractivity contribution is 0.259. The van der Waals surface area contributed by atoms with Gasteiger partial charge in [0, 0.05) is 56.2 Å². The quantitative estimate of drug-likeness (QED) is 0.0897. The lowest BCUT2D eigenvalue weighted by Gasteiger charge is -2.26. The van der Waals surface area contributed by atoms with Crippen LogP contribution in [-0.4, -0.2) is 20.2 Å². The van der Waals surface area contributed by atoms with Gasteiger partial charge in [-0.1, -0.05) is 231 Å². The number of benzene rings is 8. The molecule has 10 nitrogen and oxygen atoms in total. The fourth-order valence-electron chi connectivity index (χ4n) is 16.4. The van der Waals surface area contributed by atoms with Crippen molar-refractivity contribution in [3.05, 3.63) is 282 Å². The van der Waals surface area contributed by atoms with Crippen molar-refractivity contribution in [1.82, 2.24) is 13.7 Å². The van der Waals surface area contributed by atoms with Crippen molar-refractivity contribution in [2.45, 2.75) is 192 Å². The minimum atomic E-state index is -0.672. The maximum Gasteiger partial charge on any atom is 0.337 e. The third kappa shape index (κ3) is 21.2. The van der Waals surface area contributed by atoms with E-state index in [1.807, 2.05) is 125 Å². The zero-order valence-corrected chi connectivity index (χ0v) is 63.5. The van der Waals surface area contributed by atoms with Crippen LogP contribution in [0.25, 0.3) is 0 Å². The smallest absolute Gasteiger partial charge is 0.337 e. The van der Waals surface area contributed by atoms with Crippen LogP contribution in [0.1, 0.15) is 190 Å². The molecule has 538 valence electrons. The first kappa shape index (κ1) is 78.1. The Morgan fingerprint density at radius 1 is 0.376 bits per heavy atom. The minimum Gasteiger partial charge on any atom is -0.457 e. The Balaban J connectivity index is 0.000000186. The van der Waals surface area contributed by atoms with Gasteiger partial charge in [0.25, 0.3) is 0 Å². The number of fused-ring (bicyclic) bond motifs is 10. The number of ether oxygens (including phenoxy) is 2. The Morgan fingerprint density at radius 2 is 0.683 bits per heavy atom. The lowest BCUT2D eigenvalue weighted by Crippen LogP contribution is -2.54. The molecule has 4 bridgehead atoms. The number of hydrogen-bond donors (Lipinski definition) is 0. The highest BCUT2D eigenvalue weighted by Crippen LogP contribution is 2.59. The zero-order valence-electron chi connectivity index (χ0n) is 63.5. The minimum absolute atomic E-state index is 0.0499. The maximum atomic E-state index is 12.9. The molecule has 1 heterocycles.